The van der Waals surface area contributed by atoms with E-state index in [4.69, 9.17) is 0 Å². The van der Waals surface area contributed by atoms with Gasteiger partial charge in [0.2, 0.25) is 0 Å². The van der Waals surface area contributed by atoms with Crippen molar-refractivity contribution in [2.24, 2.45) is 0 Å². The van der Waals surface area contributed by atoms with Gasteiger partial charge in [0.1, 0.15) is 5.82 Å². The highest BCUT2D eigenvalue weighted by molar-refractivity contribution is 5.20. The minimum Gasteiger partial charge on any atom is -0.310 e. The lowest BCUT2D eigenvalue weighted by Crippen LogP contribution is -2.22. The van der Waals surface area contributed by atoms with Crippen LogP contribution in [0.15, 0.2) is 48.8 Å². The highest BCUT2D eigenvalue weighted by atomic mass is 19.1. The fourth-order valence-electron chi connectivity index (χ4n) is 2.26. The van der Waals surface area contributed by atoms with E-state index in [2.05, 4.69) is 23.3 Å². The Morgan fingerprint density at radius 1 is 1.20 bits per heavy atom. The number of pyridine rings is 1. The minimum atomic E-state index is -0.185. The maximum absolute atomic E-state index is 13.0. The molecular weight excluding hydrogens is 251 g/mol. The monoisotopic (exact) mass is 272 g/mol. The average molecular weight is 272 g/mol. The van der Waals surface area contributed by atoms with Crippen LogP contribution in [0, 0.1) is 5.82 Å². The number of hydrogen-bond donors (Lipinski definition) is 1. The summed E-state index contributed by atoms with van der Waals surface area (Å²) >= 11 is 0. The van der Waals surface area contributed by atoms with E-state index in [1.807, 2.05) is 24.4 Å². The van der Waals surface area contributed by atoms with Crippen molar-refractivity contribution in [1.82, 2.24) is 10.3 Å². The quantitative estimate of drug-likeness (QED) is 0.827. The largest absolute Gasteiger partial charge is 0.310 e. The van der Waals surface area contributed by atoms with Crippen LogP contribution >= 0.6 is 0 Å². The Kier molecular flexibility index (Phi) is 5.69. The van der Waals surface area contributed by atoms with Crippen LogP contribution in [0.5, 0.6) is 0 Å². The van der Waals surface area contributed by atoms with Gasteiger partial charge in [0.05, 0.1) is 0 Å². The van der Waals surface area contributed by atoms with Crippen LogP contribution in [-0.4, -0.2) is 11.5 Å². The van der Waals surface area contributed by atoms with Gasteiger partial charge in [-0.15, -0.1) is 0 Å². The highest BCUT2D eigenvalue weighted by Gasteiger charge is 2.10. The van der Waals surface area contributed by atoms with E-state index in [1.54, 1.807) is 6.20 Å². The summed E-state index contributed by atoms with van der Waals surface area (Å²) in [6.07, 6.45) is 6.73. The van der Waals surface area contributed by atoms with Gasteiger partial charge in [-0.1, -0.05) is 25.1 Å². The van der Waals surface area contributed by atoms with Gasteiger partial charge in [0, 0.05) is 18.4 Å². The second-order valence-electron chi connectivity index (χ2n) is 4.96. The van der Waals surface area contributed by atoms with Crippen LogP contribution < -0.4 is 5.32 Å². The number of nitrogens with zero attached hydrogens (tertiary/aromatic N) is 1. The zero-order valence-corrected chi connectivity index (χ0v) is 11.8. The summed E-state index contributed by atoms with van der Waals surface area (Å²) in [4.78, 5) is 4.14. The van der Waals surface area contributed by atoms with Crippen LogP contribution in [0.3, 0.4) is 0 Å². The molecule has 3 heteroatoms. The van der Waals surface area contributed by atoms with E-state index in [1.165, 1.54) is 17.7 Å². The minimum absolute atomic E-state index is 0.185. The topological polar surface area (TPSA) is 24.9 Å². The lowest BCUT2D eigenvalue weighted by Gasteiger charge is -2.19. The number of rotatable bonds is 7. The van der Waals surface area contributed by atoms with Gasteiger partial charge in [0.25, 0.3) is 0 Å². The van der Waals surface area contributed by atoms with Crippen molar-refractivity contribution < 1.29 is 4.39 Å². The van der Waals surface area contributed by atoms with Gasteiger partial charge in [-0.25, -0.2) is 4.39 Å². The van der Waals surface area contributed by atoms with Gasteiger partial charge in [0.15, 0.2) is 0 Å². The molecule has 1 aromatic heterocycles. The Labute approximate surface area is 120 Å². The molecule has 20 heavy (non-hydrogen) atoms. The van der Waals surface area contributed by atoms with Crippen molar-refractivity contribution in [2.45, 2.75) is 32.2 Å². The molecule has 2 aromatic rings. The van der Waals surface area contributed by atoms with Gasteiger partial charge in [-0.3, -0.25) is 4.98 Å². The number of nitrogens with one attached hydrogen (secondary N) is 1. The zero-order valence-electron chi connectivity index (χ0n) is 11.8. The SMILES string of the molecule is CCCNC(CCc1cccnc1)c1ccc(F)cc1. The maximum Gasteiger partial charge on any atom is 0.123 e. The summed E-state index contributed by atoms with van der Waals surface area (Å²) in [5.74, 6) is -0.185. The average Bonchev–Trinajstić information content (AvgIpc) is 2.50. The first-order valence-corrected chi connectivity index (χ1v) is 7.17. The molecule has 0 saturated heterocycles. The fourth-order valence-corrected chi connectivity index (χ4v) is 2.26. The van der Waals surface area contributed by atoms with Crippen molar-refractivity contribution in [2.75, 3.05) is 6.54 Å². The van der Waals surface area contributed by atoms with Crippen LogP contribution in [0.1, 0.15) is 36.9 Å². The third-order valence-electron chi connectivity index (χ3n) is 3.36. The molecule has 0 amide bonds. The summed E-state index contributed by atoms with van der Waals surface area (Å²) in [5.41, 5.74) is 2.38. The number of hydrogen-bond acceptors (Lipinski definition) is 2. The maximum atomic E-state index is 13.0. The van der Waals surface area contributed by atoms with Crippen molar-refractivity contribution in [3.63, 3.8) is 0 Å². The fraction of sp³-hybridized carbons (Fsp3) is 0.353. The summed E-state index contributed by atoms with van der Waals surface area (Å²) in [6.45, 7) is 3.12. The lowest BCUT2D eigenvalue weighted by molar-refractivity contribution is 0.498. The molecule has 0 saturated carbocycles. The molecule has 1 atom stereocenters. The first-order valence-electron chi connectivity index (χ1n) is 7.17. The van der Waals surface area contributed by atoms with E-state index < -0.39 is 0 Å². The summed E-state index contributed by atoms with van der Waals surface area (Å²) < 4.78 is 13.0. The summed E-state index contributed by atoms with van der Waals surface area (Å²) in [7, 11) is 0. The Balaban J connectivity index is 2.01. The standard InChI is InChI=1S/C17H21FN2/c1-2-11-20-17(15-6-8-16(18)9-7-15)10-5-14-4-3-12-19-13-14/h3-4,6-9,12-13,17,20H,2,5,10-11H2,1H3. The van der Waals surface area contributed by atoms with E-state index >= 15 is 0 Å². The van der Waals surface area contributed by atoms with Crippen LogP contribution in [0.4, 0.5) is 4.39 Å². The summed E-state index contributed by atoms with van der Waals surface area (Å²) in [6, 6.07) is 11.1. The first kappa shape index (κ1) is 14.7. The second kappa shape index (κ2) is 7.75. The van der Waals surface area contributed by atoms with E-state index in [9.17, 15) is 4.39 Å². The molecule has 106 valence electrons. The lowest BCUT2D eigenvalue weighted by atomic mass is 9.99. The first-order chi connectivity index (χ1) is 9.79. The number of aromatic nitrogens is 1. The van der Waals surface area contributed by atoms with Crippen molar-refractivity contribution in [1.29, 1.82) is 0 Å². The molecular formula is C17H21FN2. The third kappa shape index (κ3) is 4.42. The van der Waals surface area contributed by atoms with Crippen molar-refractivity contribution >= 4 is 0 Å². The smallest absolute Gasteiger partial charge is 0.123 e. The van der Waals surface area contributed by atoms with E-state index in [0.29, 0.717) is 0 Å². The predicted octanol–water partition coefficient (Wildman–Crippen LogP) is 3.89. The predicted molar refractivity (Wildman–Crippen MR) is 80.0 cm³/mol. The number of halogens is 1. The number of benzene rings is 1. The van der Waals surface area contributed by atoms with Crippen LogP contribution in [0.25, 0.3) is 0 Å². The molecule has 0 aliphatic carbocycles. The highest BCUT2D eigenvalue weighted by Crippen LogP contribution is 2.19. The van der Waals surface area contributed by atoms with Crippen molar-refractivity contribution in [3.8, 4) is 0 Å². The Hall–Kier alpha value is -1.74. The molecule has 0 bridgehead atoms. The molecule has 1 heterocycles. The van der Waals surface area contributed by atoms with Gasteiger partial charge in [-0.2, -0.15) is 0 Å². The third-order valence-corrected chi connectivity index (χ3v) is 3.36. The molecule has 0 aliphatic rings. The zero-order chi connectivity index (χ0) is 14.2. The van der Waals surface area contributed by atoms with Gasteiger partial charge < -0.3 is 5.32 Å². The molecule has 1 N–H and O–H groups in total. The summed E-state index contributed by atoms with van der Waals surface area (Å²) in [5, 5.41) is 3.53. The molecule has 1 aromatic carbocycles. The molecule has 0 spiro atoms. The second-order valence-corrected chi connectivity index (χ2v) is 4.96. The Morgan fingerprint density at radius 3 is 2.65 bits per heavy atom. The Morgan fingerprint density at radius 2 is 2.00 bits per heavy atom. The van der Waals surface area contributed by atoms with Gasteiger partial charge in [-0.05, 0) is 55.1 Å². The van der Waals surface area contributed by atoms with E-state index in [0.717, 1.165) is 31.4 Å². The molecule has 2 rings (SSSR count). The van der Waals surface area contributed by atoms with Crippen LogP contribution in [0.2, 0.25) is 0 Å². The van der Waals surface area contributed by atoms with Gasteiger partial charge >= 0.3 is 0 Å². The number of aryl methyl sites for hydroxylation is 1. The molecule has 0 aliphatic heterocycles. The molecule has 0 radical (unpaired) electrons. The Bertz CT molecular complexity index is 496. The van der Waals surface area contributed by atoms with E-state index in [-0.39, 0.29) is 11.9 Å². The normalized spacial score (nSPS) is 12.3. The molecule has 1 unspecified atom stereocenters. The molecule has 0 fully saturated rings. The van der Waals surface area contributed by atoms with Crippen LogP contribution in [-0.2, 0) is 6.42 Å². The molecule has 2 nitrogen and oxygen atoms in total. The van der Waals surface area contributed by atoms with Crippen molar-refractivity contribution in [3.05, 3.63) is 65.7 Å².